The molecule has 5 nitrogen and oxygen atoms in total. The monoisotopic (exact) mass is 442 g/mol. The Morgan fingerprint density at radius 3 is 2.39 bits per heavy atom. The topological polar surface area (TPSA) is 66.5 Å². The van der Waals surface area contributed by atoms with Gasteiger partial charge in [0.2, 0.25) is 15.9 Å². The third-order valence-electron chi connectivity index (χ3n) is 6.03. The summed E-state index contributed by atoms with van der Waals surface area (Å²) in [6, 6.07) is 13.7. The number of anilines is 1. The molecule has 0 spiro atoms. The molecule has 0 saturated carbocycles. The van der Waals surface area contributed by atoms with E-state index in [1.165, 1.54) is 28.3 Å². The van der Waals surface area contributed by atoms with E-state index in [0.717, 1.165) is 36.6 Å². The van der Waals surface area contributed by atoms with Crippen molar-refractivity contribution < 1.29 is 13.2 Å². The van der Waals surface area contributed by atoms with Gasteiger partial charge in [-0.3, -0.25) is 9.10 Å². The summed E-state index contributed by atoms with van der Waals surface area (Å²) in [7, 11) is -3.62. The van der Waals surface area contributed by atoms with Gasteiger partial charge in [-0.25, -0.2) is 8.42 Å². The number of benzene rings is 2. The van der Waals surface area contributed by atoms with Gasteiger partial charge in [-0.05, 0) is 66.3 Å². The first-order valence-electron chi connectivity index (χ1n) is 11.2. The molecular formula is C25H34N2O3S. The molecule has 168 valence electrons. The molecule has 1 aliphatic rings. The molecule has 0 fully saturated rings. The number of para-hydroxylation sites is 1. The van der Waals surface area contributed by atoms with Crippen LogP contribution in [-0.2, 0) is 27.7 Å². The molecule has 0 heterocycles. The number of amides is 1. The van der Waals surface area contributed by atoms with Crippen molar-refractivity contribution in [2.45, 2.75) is 64.8 Å². The standard InChI is InChI=1S/C25H34N2O3S/c1-5-23(21-15-14-19-10-6-7-11-20(19)16-21)26-25(28)17-27(31(4,29)30)24-13-9-8-12-22(24)18(2)3/h8-9,12-16,18,23H,5-7,10-11,17H2,1-4H3,(H,26,28). The fourth-order valence-corrected chi connectivity index (χ4v) is 5.22. The Balaban J connectivity index is 1.81. The molecular weight excluding hydrogens is 408 g/mol. The highest BCUT2D eigenvalue weighted by molar-refractivity contribution is 7.92. The first kappa shape index (κ1) is 23.3. The van der Waals surface area contributed by atoms with Crippen LogP contribution in [-0.4, -0.2) is 27.1 Å². The fourth-order valence-electron chi connectivity index (χ4n) is 4.35. The van der Waals surface area contributed by atoms with Gasteiger partial charge >= 0.3 is 0 Å². The molecule has 6 heteroatoms. The van der Waals surface area contributed by atoms with E-state index in [1.807, 2.05) is 32.9 Å². The van der Waals surface area contributed by atoms with Crippen molar-refractivity contribution in [3.05, 3.63) is 64.7 Å². The van der Waals surface area contributed by atoms with Gasteiger partial charge in [0.1, 0.15) is 6.54 Å². The van der Waals surface area contributed by atoms with Crippen LogP contribution >= 0.6 is 0 Å². The van der Waals surface area contributed by atoms with E-state index in [9.17, 15) is 13.2 Å². The van der Waals surface area contributed by atoms with Crippen molar-refractivity contribution in [1.29, 1.82) is 0 Å². The lowest BCUT2D eigenvalue weighted by Gasteiger charge is -2.27. The highest BCUT2D eigenvalue weighted by Crippen LogP contribution is 2.29. The number of hydrogen-bond acceptors (Lipinski definition) is 3. The summed E-state index contributed by atoms with van der Waals surface area (Å²) in [5.74, 6) is -0.157. The number of fused-ring (bicyclic) bond motifs is 1. The maximum atomic E-state index is 13.0. The molecule has 0 radical (unpaired) electrons. The Bertz CT molecular complexity index is 1030. The van der Waals surface area contributed by atoms with Gasteiger partial charge in [0.15, 0.2) is 0 Å². The summed E-state index contributed by atoms with van der Waals surface area (Å²) in [5.41, 5.74) is 5.34. The first-order valence-corrected chi connectivity index (χ1v) is 13.0. The van der Waals surface area contributed by atoms with Crippen LogP contribution in [0.2, 0.25) is 0 Å². The lowest BCUT2D eigenvalue weighted by molar-refractivity contribution is -0.120. The second kappa shape index (κ2) is 9.86. The van der Waals surface area contributed by atoms with Gasteiger partial charge in [-0.2, -0.15) is 0 Å². The molecule has 0 bridgehead atoms. The maximum absolute atomic E-state index is 13.0. The second-order valence-corrected chi connectivity index (χ2v) is 10.7. The molecule has 1 amide bonds. The maximum Gasteiger partial charge on any atom is 0.241 e. The summed E-state index contributed by atoms with van der Waals surface area (Å²) in [6.45, 7) is 5.84. The second-order valence-electron chi connectivity index (χ2n) is 8.75. The van der Waals surface area contributed by atoms with Crippen LogP contribution < -0.4 is 9.62 Å². The number of nitrogens with one attached hydrogen (secondary N) is 1. The van der Waals surface area contributed by atoms with Gasteiger partial charge in [0.25, 0.3) is 0 Å². The minimum absolute atomic E-state index is 0.138. The molecule has 1 atom stereocenters. The van der Waals surface area contributed by atoms with Crippen molar-refractivity contribution in [1.82, 2.24) is 5.32 Å². The Morgan fingerprint density at radius 2 is 1.74 bits per heavy atom. The Hall–Kier alpha value is -2.34. The van der Waals surface area contributed by atoms with Gasteiger partial charge in [-0.1, -0.05) is 57.2 Å². The van der Waals surface area contributed by atoms with E-state index in [1.54, 1.807) is 12.1 Å². The number of carbonyl (C=O) groups excluding carboxylic acids is 1. The normalized spacial score (nSPS) is 14.7. The summed E-state index contributed by atoms with van der Waals surface area (Å²) in [5, 5.41) is 3.07. The minimum Gasteiger partial charge on any atom is -0.348 e. The zero-order valence-electron chi connectivity index (χ0n) is 19.0. The number of sulfonamides is 1. The molecule has 31 heavy (non-hydrogen) atoms. The van der Waals surface area contributed by atoms with Crippen molar-refractivity contribution in [2.75, 3.05) is 17.1 Å². The summed E-state index contributed by atoms with van der Waals surface area (Å²) in [4.78, 5) is 13.0. The van der Waals surface area contributed by atoms with Gasteiger partial charge < -0.3 is 5.32 Å². The van der Waals surface area contributed by atoms with E-state index < -0.39 is 10.0 Å². The van der Waals surface area contributed by atoms with E-state index in [-0.39, 0.29) is 24.4 Å². The molecule has 0 aliphatic heterocycles. The average molecular weight is 443 g/mol. The SMILES string of the molecule is CCC(NC(=O)CN(c1ccccc1C(C)C)S(C)(=O)=O)c1ccc2c(c1)CCCC2. The van der Waals surface area contributed by atoms with Crippen LogP contribution in [0.4, 0.5) is 5.69 Å². The largest absolute Gasteiger partial charge is 0.348 e. The summed E-state index contributed by atoms with van der Waals surface area (Å²) in [6.07, 6.45) is 6.54. The third kappa shape index (κ3) is 5.67. The van der Waals surface area contributed by atoms with Crippen molar-refractivity contribution in [2.24, 2.45) is 0 Å². The zero-order valence-corrected chi connectivity index (χ0v) is 19.8. The van der Waals surface area contributed by atoms with Crippen LogP contribution in [0.3, 0.4) is 0 Å². The summed E-state index contributed by atoms with van der Waals surface area (Å²) >= 11 is 0. The van der Waals surface area contributed by atoms with E-state index in [4.69, 9.17) is 0 Å². The van der Waals surface area contributed by atoms with Gasteiger partial charge in [-0.15, -0.1) is 0 Å². The van der Waals surface area contributed by atoms with Crippen molar-refractivity contribution >= 4 is 21.6 Å². The number of carbonyl (C=O) groups is 1. The quantitative estimate of drug-likeness (QED) is 0.643. The molecule has 2 aromatic rings. The molecule has 1 N–H and O–H groups in total. The number of hydrogen-bond donors (Lipinski definition) is 1. The average Bonchev–Trinajstić information content (AvgIpc) is 2.74. The van der Waals surface area contributed by atoms with E-state index in [2.05, 4.69) is 23.5 Å². The van der Waals surface area contributed by atoms with Crippen LogP contribution in [0.25, 0.3) is 0 Å². The predicted molar refractivity (Wildman–Crippen MR) is 127 cm³/mol. The molecule has 1 aliphatic carbocycles. The molecule has 1 unspecified atom stereocenters. The lowest BCUT2D eigenvalue weighted by Crippen LogP contribution is -2.42. The number of rotatable bonds is 8. The minimum atomic E-state index is -3.62. The van der Waals surface area contributed by atoms with Crippen molar-refractivity contribution in [3.63, 3.8) is 0 Å². The lowest BCUT2D eigenvalue weighted by atomic mass is 9.89. The Labute approximate surface area is 186 Å². The number of nitrogens with zero attached hydrogens (tertiary/aromatic N) is 1. The van der Waals surface area contributed by atoms with Crippen LogP contribution in [0.5, 0.6) is 0 Å². The van der Waals surface area contributed by atoms with Crippen LogP contribution in [0.1, 0.15) is 74.2 Å². The fraction of sp³-hybridized carbons (Fsp3) is 0.480. The van der Waals surface area contributed by atoms with Gasteiger partial charge in [0, 0.05) is 0 Å². The number of aryl methyl sites for hydroxylation is 2. The predicted octanol–water partition coefficient (Wildman–Crippen LogP) is 4.72. The zero-order chi connectivity index (χ0) is 22.6. The summed E-state index contributed by atoms with van der Waals surface area (Å²) < 4.78 is 26.4. The highest BCUT2D eigenvalue weighted by atomic mass is 32.2. The molecule has 0 aromatic heterocycles. The first-order chi connectivity index (χ1) is 14.7. The third-order valence-corrected chi connectivity index (χ3v) is 7.16. The highest BCUT2D eigenvalue weighted by Gasteiger charge is 2.25. The van der Waals surface area contributed by atoms with Crippen molar-refractivity contribution in [3.8, 4) is 0 Å². The molecule has 2 aromatic carbocycles. The van der Waals surface area contributed by atoms with E-state index >= 15 is 0 Å². The smallest absolute Gasteiger partial charge is 0.241 e. The molecule has 0 saturated heterocycles. The van der Waals surface area contributed by atoms with Crippen LogP contribution in [0.15, 0.2) is 42.5 Å². The Kier molecular flexibility index (Phi) is 7.42. The van der Waals surface area contributed by atoms with Crippen LogP contribution in [0, 0.1) is 0 Å². The Morgan fingerprint density at radius 1 is 1.06 bits per heavy atom. The van der Waals surface area contributed by atoms with Gasteiger partial charge in [0.05, 0.1) is 18.0 Å². The molecule has 3 rings (SSSR count). The van der Waals surface area contributed by atoms with E-state index in [0.29, 0.717) is 5.69 Å².